The predicted molar refractivity (Wildman–Crippen MR) is 92.0 cm³/mol. The van der Waals surface area contributed by atoms with Crippen molar-refractivity contribution in [1.82, 2.24) is 5.32 Å². The number of rotatable bonds is 9. The number of nitrogens with one attached hydrogen (secondary N) is 1. The molecule has 21 heavy (non-hydrogen) atoms. The zero-order chi connectivity index (χ0) is 15.7. The van der Waals surface area contributed by atoms with Crippen molar-refractivity contribution in [2.45, 2.75) is 78.8 Å². The fourth-order valence-electron chi connectivity index (χ4n) is 2.24. The lowest BCUT2D eigenvalue weighted by atomic mass is 10.1. The van der Waals surface area contributed by atoms with Crippen molar-refractivity contribution < 1.29 is 4.74 Å². The molecule has 0 amide bonds. The monoisotopic (exact) mass is 291 g/mol. The summed E-state index contributed by atoms with van der Waals surface area (Å²) in [6, 6.07) is 6.47. The van der Waals surface area contributed by atoms with Gasteiger partial charge in [0.15, 0.2) is 0 Å². The van der Waals surface area contributed by atoms with Crippen LogP contribution in [0, 0.1) is 6.92 Å². The zero-order valence-electron chi connectivity index (χ0n) is 14.6. The molecule has 1 aromatic rings. The number of benzene rings is 1. The van der Waals surface area contributed by atoms with Gasteiger partial charge in [-0.05, 0) is 40.2 Å². The van der Waals surface area contributed by atoms with Crippen molar-refractivity contribution in [2.24, 2.45) is 0 Å². The fraction of sp³-hybridized carbons (Fsp3) is 0.684. The van der Waals surface area contributed by atoms with Gasteiger partial charge in [-0.1, -0.05) is 50.3 Å². The summed E-state index contributed by atoms with van der Waals surface area (Å²) in [5.74, 6) is 1.04. The lowest BCUT2D eigenvalue weighted by Crippen LogP contribution is -2.35. The number of hydrogen-bond acceptors (Lipinski definition) is 2. The molecular formula is C19H33NO. The van der Waals surface area contributed by atoms with Crippen molar-refractivity contribution >= 4 is 0 Å². The van der Waals surface area contributed by atoms with E-state index in [9.17, 15) is 0 Å². The Labute approximate surface area is 131 Å². The summed E-state index contributed by atoms with van der Waals surface area (Å²) in [5.41, 5.74) is 2.68. The Morgan fingerprint density at radius 2 is 1.76 bits per heavy atom. The molecule has 0 bridgehead atoms. The van der Waals surface area contributed by atoms with Crippen molar-refractivity contribution in [3.8, 4) is 5.75 Å². The highest BCUT2D eigenvalue weighted by Gasteiger charge is 2.11. The van der Waals surface area contributed by atoms with E-state index in [1.807, 2.05) is 0 Å². The van der Waals surface area contributed by atoms with Gasteiger partial charge in [0.25, 0.3) is 0 Å². The molecule has 0 spiro atoms. The Morgan fingerprint density at radius 1 is 1.05 bits per heavy atom. The maximum Gasteiger partial charge on any atom is 0.123 e. The van der Waals surface area contributed by atoms with Crippen LogP contribution >= 0.6 is 0 Å². The molecule has 0 aromatic heterocycles. The van der Waals surface area contributed by atoms with Crippen LogP contribution in [0.15, 0.2) is 18.2 Å². The lowest BCUT2D eigenvalue weighted by molar-refractivity contribution is 0.299. The average molecular weight is 291 g/mol. The highest BCUT2D eigenvalue weighted by molar-refractivity contribution is 5.36. The third kappa shape index (κ3) is 8.11. The van der Waals surface area contributed by atoms with E-state index in [1.165, 1.54) is 36.8 Å². The minimum atomic E-state index is 0.126. The third-order valence-corrected chi connectivity index (χ3v) is 3.53. The van der Waals surface area contributed by atoms with Gasteiger partial charge in [-0.2, -0.15) is 0 Å². The molecule has 1 N–H and O–H groups in total. The summed E-state index contributed by atoms with van der Waals surface area (Å²) >= 11 is 0. The molecule has 0 aliphatic rings. The van der Waals surface area contributed by atoms with Gasteiger partial charge in [-0.25, -0.2) is 0 Å². The zero-order valence-corrected chi connectivity index (χ0v) is 14.6. The summed E-state index contributed by atoms with van der Waals surface area (Å²) in [7, 11) is 0. The number of ether oxygens (including phenoxy) is 1. The third-order valence-electron chi connectivity index (χ3n) is 3.53. The van der Waals surface area contributed by atoms with Crippen molar-refractivity contribution in [1.29, 1.82) is 0 Å². The van der Waals surface area contributed by atoms with Gasteiger partial charge in [0.05, 0.1) is 6.61 Å². The first kappa shape index (κ1) is 18.0. The molecule has 0 atom stereocenters. The SMILES string of the molecule is CCCCCCCOc1ccc(C)cc1CNC(C)(C)C. The van der Waals surface area contributed by atoms with Crippen LogP contribution in [0.2, 0.25) is 0 Å². The average Bonchev–Trinajstić information content (AvgIpc) is 2.41. The normalized spacial score (nSPS) is 11.7. The van der Waals surface area contributed by atoms with Gasteiger partial charge < -0.3 is 10.1 Å². The van der Waals surface area contributed by atoms with E-state index in [-0.39, 0.29) is 5.54 Å². The highest BCUT2D eigenvalue weighted by atomic mass is 16.5. The molecule has 0 radical (unpaired) electrons. The molecule has 120 valence electrons. The van der Waals surface area contributed by atoms with E-state index in [0.717, 1.165) is 25.3 Å². The Morgan fingerprint density at radius 3 is 2.43 bits per heavy atom. The second-order valence-corrected chi connectivity index (χ2v) is 6.98. The Hall–Kier alpha value is -1.02. The summed E-state index contributed by atoms with van der Waals surface area (Å²) in [6.07, 6.45) is 6.38. The first-order valence-electron chi connectivity index (χ1n) is 8.40. The standard InChI is InChI=1S/C19H33NO/c1-6-7-8-9-10-13-21-18-12-11-16(2)14-17(18)15-20-19(3,4)5/h11-12,14,20H,6-10,13,15H2,1-5H3. The molecule has 0 saturated carbocycles. The summed E-state index contributed by atoms with van der Waals surface area (Å²) in [6.45, 7) is 12.6. The van der Waals surface area contributed by atoms with E-state index in [1.54, 1.807) is 0 Å². The first-order valence-corrected chi connectivity index (χ1v) is 8.40. The molecule has 2 heteroatoms. The van der Waals surface area contributed by atoms with Gasteiger partial charge in [-0.3, -0.25) is 0 Å². The van der Waals surface area contributed by atoms with Crippen LogP contribution in [0.5, 0.6) is 5.75 Å². The minimum absolute atomic E-state index is 0.126. The maximum absolute atomic E-state index is 6.00. The van der Waals surface area contributed by atoms with Crippen molar-refractivity contribution in [2.75, 3.05) is 6.61 Å². The molecule has 0 heterocycles. The number of aryl methyl sites for hydroxylation is 1. The van der Waals surface area contributed by atoms with Gasteiger partial charge >= 0.3 is 0 Å². The van der Waals surface area contributed by atoms with Crippen LogP contribution in [-0.2, 0) is 6.54 Å². The second kappa shape index (κ2) is 9.09. The Kier molecular flexibility index (Phi) is 7.81. The van der Waals surface area contributed by atoms with Crippen LogP contribution in [0.1, 0.15) is 70.9 Å². The van der Waals surface area contributed by atoms with Crippen LogP contribution in [0.3, 0.4) is 0 Å². The smallest absolute Gasteiger partial charge is 0.123 e. The predicted octanol–water partition coefficient (Wildman–Crippen LogP) is 5.23. The first-order chi connectivity index (χ1) is 9.92. The molecule has 2 nitrogen and oxygen atoms in total. The maximum atomic E-state index is 6.00. The van der Waals surface area contributed by atoms with E-state index in [4.69, 9.17) is 4.74 Å². The quantitative estimate of drug-likeness (QED) is 0.629. The van der Waals surface area contributed by atoms with Crippen LogP contribution in [-0.4, -0.2) is 12.1 Å². The van der Waals surface area contributed by atoms with E-state index in [0.29, 0.717) is 0 Å². The fourth-order valence-corrected chi connectivity index (χ4v) is 2.24. The Balaban J connectivity index is 2.48. The molecule has 0 aliphatic heterocycles. The number of unbranched alkanes of at least 4 members (excludes halogenated alkanes) is 4. The second-order valence-electron chi connectivity index (χ2n) is 6.98. The van der Waals surface area contributed by atoms with E-state index >= 15 is 0 Å². The van der Waals surface area contributed by atoms with Crippen molar-refractivity contribution in [3.63, 3.8) is 0 Å². The largest absolute Gasteiger partial charge is 0.493 e. The molecule has 0 saturated heterocycles. The van der Waals surface area contributed by atoms with Crippen LogP contribution in [0.4, 0.5) is 0 Å². The summed E-state index contributed by atoms with van der Waals surface area (Å²) in [5, 5.41) is 3.54. The highest BCUT2D eigenvalue weighted by Crippen LogP contribution is 2.21. The van der Waals surface area contributed by atoms with Crippen LogP contribution < -0.4 is 10.1 Å². The summed E-state index contributed by atoms with van der Waals surface area (Å²) < 4.78 is 6.00. The molecule has 0 aliphatic carbocycles. The summed E-state index contributed by atoms with van der Waals surface area (Å²) in [4.78, 5) is 0. The lowest BCUT2D eigenvalue weighted by Gasteiger charge is -2.22. The molecule has 1 rings (SSSR count). The number of hydrogen-bond donors (Lipinski definition) is 1. The van der Waals surface area contributed by atoms with Crippen molar-refractivity contribution in [3.05, 3.63) is 29.3 Å². The topological polar surface area (TPSA) is 21.3 Å². The van der Waals surface area contributed by atoms with Gasteiger partial charge in [0, 0.05) is 17.6 Å². The van der Waals surface area contributed by atoms with Gasteiger partial charge in [0.2, 0.25) is 0 Å². The van der Waals surface area contributed by atoms with E-state index < -0.39 is 0 Å². The van der Waals surface area contributed by atoms with Crippen LogP contribution in [0.25, 0.3) is 0 Å². The molecule has 1 aromatic carbocycles. The molecule has 0 unspecified atom stereocenters. The van der Waals surface area contributed by atoms with Gasteiger partial charge in [-0.15, -0.1) is 0 Å². The molecular weight excluding hydrogens is 258 g/mol. The Bertz CT molecular complexity index is 407. The minimum Gasteiger partial charge on any atom is -0.493 e. The molecule has 0 fully saturated rings. The van der Waals surface area contributed by atoms with Gasteiger partial charge in [0.1, 0.15) is 5.75 Å². The van der Waals surface area contributed by atoms with E-state index in [2.05, 4.69) is 58.1 Å².